The van der Waals surface area contributed by atoms with Gasteiger partial charge in [-0.05, 0) is 66.2 Å². The predicted molar refractivity (Wildman–Crippen MR) is 118 cm³/mol. The Kier molecular flexibility index (Phi) is 4.99. The first-order valence-electron chi connectivity index (χ1n) is 11.4. The van der Waals surface area contributed by atoms with E-state index in [1.54, 1.807) is 4.90 Å². The molecule has 5 nitrogen and oxygen atoms in total. The van der Waals surface area contributed by atoms with Crippen LogP contribution in [0.3, 0.4) is 0 Å². The summed E-state index contributed by atoms with van der Waals surface area (Å²) in [6.07, 6.45) is 3.63. The summed E-state index contributed by atoms with van der Waals surface area (Å²) in [5.41, 5.74) is 3.57. The maximum Gasteiger partial charge on any atom is 0.410 e. The van der Waals surface area contributed by atoms with Crippen molar-refractivity contribution in [1.29, 1.82) is 0 Å². The fourth-order valence-corrected chi connectivity index (χ4v) is 6.36. The van der Waals surface area contributed by atoms with E-state index in [0.717, 1.165) is 30.4 Å². The maximum atomic E-state index is 13.3. The zero-order valence-electron chi connectivity index (χ0n) is 17.9. The summed E-state index contributed by atoms with van der Waals surface area (Å²) in [7, 11) is 0. The minimum atomic E-state index is -1.11. The van der Waals surface area contributed by atoms with Gasteiger partial charge < -0.3 is 9.84 Å². The van der Waals surface area contributed by atoms with Crippen LogP contribution in [0, 0.1) is 11.8 Å². The van der Waals surface area contributed by atoms with E-state index in [4.69, 9.17) is 4.74 Å². The first kappa shape index (κ1) is 20.1. The number of aliphatic carboxylic acids is 1. The van der Waals surface area contributed by atoms with E-state index in [1.807, 2.05) is 31.2 Å². The Morgan fingerprint density at radius 3 is 2.23 bits per heavy atom. The molecule has 2 aromatic carbocycles. The minimum Gasteiger partial charge on any atom is -0.479 e. The van der Waals surface area contributed by atoms with Crippen LogP contribution in [0.15, 0.2) is 48.5 Å². The van der Waals surface area contributed by atoms with Gasteiger partial charge in [0.1, 0.15) is 12.1 Å². The molecular weight excluding hydrogens is 390 g/mol. The Morgan fingerprint density at radius 2 is 1.71 bits per heavy atom. The SMILES string of the molecule is CCCN(C(=O)OCC1c2ccccc2-c2ccccc21)C1(C(=O)O)CC2CCC1C2. The van der Waals surface area contributed by atoms with Gasteiger partial charge in [-0.25, -0.2) is 9.59 Å². The summed E-state index contributed by atoms with van der Waals surface area (Å²) >= 11 is 0. The number of fused-ring (bicyclic) bond motifs is 5. The number of nitrogens with zero attached hydrogens (tertiary/aromatic N) is 1. The third-order valence-corrected chi connectivity index (χ3v) is 7.67. The number of hydrogen-bond acceptors (Lipinski definition) is 3. The van der Waals surface area contributed by atoms with Gasteiger partial charge >= 0.3 is 12.1 Å². The molecule has 2 aromatic rings. The largest absolute Gasteiger partial charge is 0.479 e. The second-order valence-electron chi connectivity index (χ2n) is 9.27. The molecule has 3 aliphatic carbocycles. The van der Waals surface area contributed by atoms with Gasteiger partial charge in [0, 0.05) is 12.5 Å². The van der Waals surface area contributed by atoms with Crippen LogP contribution in [0.25, 0.3) is 11.1 Å². The highest BCUT2D eigenvalue weighted by Gasteiger charge is 2.60. The Morgan fingerprint density at radius 1 is 1.06 bits per heavy atom. The average molecular weight is 420 g/mol. The molecule has 2 bridgehead atoms. The van der Waals surface area contributed by atoms with E-state index >= 15 is 0 Å². The number of carboxylic acid groups (broad SMARTS) is 1. The quantitative estimate of drug-likeness (QED) is 0.691. The summed E-state index contributed by atoms with van der Waals surface area (Å²) < 4.78 is 5.87. The third kappa shape index (κ3) is 3.05. The van der Waals surface area contributed by atoms with Crippen molar-refractivity contribution in [3.8, 4) is 11.1 Å². The predicted octanol–water partition coefficient (Wildman–Crippen LogP) is 5.29. The van der Waals surface area contributed by atoms with Crippen LogP contribution in [-0.2, 0) is 9.53 Å². The maximum absolute atomic E-state index is 13.3. The van der Waals surface area contributed by atoms with Crippen molar-refractivity contribution >= 4 is 12.1 Å². The van der Waals surface area contributed by atoms with Gasteiger partial charge in [0.15, 0.2) is 0 Å². The summed E-state index contributed by atoms with van der Waals surface area (Å²) in [5, 5.41) is 10.2. The second-order valence-corrected chi connectivity index (χ2v) is 9.27. The Bertz CT molecular complexity index is 972. The monoisotopic (exact) mass is 419 g/mol. The topological polar surface area (TPSA) is 66.8 Å². The van der Waals surface area contributed by atoms with Crippen LogP contribution >= 0.6 is 0 Å². The van der Waals surface area contributed by atoms with Crippen LogP contribution in [0.2, 0.25) is 0 Å². The molecule has 0 aromatic heterocycles. The van der Waals surface area contributed by atoms with E-state index in [2.05, 4.69) is 24.3 Å². The fourth-order valence-electron chi connectivity index (χ4n) is 6.36. The molecule has 3 unspecified atom stereocenters. The first-order valence-corrected chi connectivity index (χ1v) is 11.4. The lowest BCUT2D eigenvalue weighted by atomic mass is 9.79. The van der Waals surface area contributed by atoms with Crippen molar-refractivity contribution in [3.63, 3.8) is 0 Å². The number of ether oxygens (including phenoxy) is 1. The molecule has 3 atom stereocenters. The molecule has 1 N–H and O–H groups in total. The Balaban J connectivity index is 1.40. The van der Waals surface area contributed by atoms with Crippen molar-refractivity contribution in [2.45, 2.75) is 50.5 Å². The van der Waals surface area contributed by atoms with Crippen LogP contribution in [-0.4, -0.2) is 40.8 Å². The number of carbonyl (C=O) groups excluding carboxylic acids is 1. The lowest BCUT2D eigenvalue weighted by Crippen LogP contribution is -2.60. The van der Waals surface area contributed by atoms with Gasteiger partial charge in [-0.3, -0.25) is 4.90 Å². The lowest BCUT2D eigenvalue weighted by molar-refractivity contribution is -0.154. The molecule has 5 heteroatoms. The number of rotatable bonds is 6. The van der Waals surface area contributed by atoms with Crippen molar-refractivity contribution in [3.05, 3.63) is 59.7 Å². The molecule has 3 aliphatic rings. The molecule has 5 rings (SSSR count). The Hall–Kier alpha value is -2.82. The highest BCUT2D eigenvalue weighted by atomic mass is 16.6. The van der Waals surface area contributed by atoms with Crippen molar-refractivity contribution in [1.82, 2.24) is 4.90 Å². The van der Waals surface area contributed by atoms with Gasteiger partial charge in [0.25, 0.3) is 0 Å². The van der Waals surface area contributed by atoms with E-state index in [0.29, 0.717) is 25.3 Å². The molecule has 0 aliphatic heterocycles. The smallest absolute Gasteiger partial charge is 0.410 e. The number of amides is 1. The number of carboxylic acids is 1. The standard InChI is InChI=1S/C26H29NO4/c1-2-13-27(26(24(28)29)15-17-11-12-18(26)14-17)25(30)31-16-23-21-9-5-3-7-19(21)20-8-4-6-10-22(20)23/h3-10,17-18,23H,2,11-16H2,1H3,(H,28,29). The summed E-state index contributed by atoms with van der Waals surface area (Å²) in [5.74, 6) is -0.467. The van der Waals surface area contributed by atoms with Crippen molar-refractivity contribution in [2.24, 2.45) is 11.8 Å². The van der Waals surface area contributed by atoms with Crippen LogP contribution in [0.4, 0.5) is 4.79 Å². The molecule has 1 amide bonds. The third-order valence-electron chi connectivity index (χ3n) is 7.67. The zero-order chi connectivity index (χ0) is 21.6. The number of benzene rings is 2. The van der Waals surface area contributed by atoms with E-state index < -0.39 is 17.6 Å². The highest BCUT2D eigenvalue weighted by molar-refractivity contribution is 5.86. The molecule has 0 heterocycles. The highest BCUT2D eigenvalue weighted by Crippen LogP contribution is 2.54. The molecule has 31 heavy (non-hydrogen) atoms. The van der Waals surface area contributed by atoms with Gasteiger partial charge in [-0.15, -0.1) is 0 Å². The van der Waals surface area contributed by atoms with Crippen LogP contribution in [0.1, 0.15) is 56.1 Å². The summed E-state index contributed by atoms with van der Waals surface area (Å²) in [4.78, 5) is 27.3. The van der Waals surface area contributed by atoms with E-state index in [9.17, 15) is 14.7 Å². The average Bonchev–Trinajstić information content (AvgIpc) is 3.48. The van der Waals surface area contributed by atoms with E-state index in [1.165, 1.54) is 11.1 Å². The summed E-state index contributed by atoms with van der Waals surface area (Å²) in [6, 6.07) is 16.5. The first-order chi connectivity index (χ1) is 15.1. The molecule has 2 saturated carbocycles. The normalized spacial score (nSPS) is 25.8. The molecule has 0 spiro atoms. The van der Waals surface area contributed by atoms with Gasteiger partial charge in [-0.1, -0.05) is 55.5 Å². The van der Waals surface area contributed by atoms with Crippen molar-refractivity contribution < 1.29 is 19.4 Å². The fraction of sp³-hybridized carbons (Fsp3) is 0.462. The molecule has 0 saturated heterocycles. The second kappa shape index (κ2) is 7.70. The molecule has 0 radical (unpaired) electrons. The molecular formula is C26H29NO4. The molecule has 162 valence electrons. The summed E-state index contributed by atoms with van der Waals surface area (Å²) in [6.45, 7) is 2.61. The zero-order valence-corrected chi connectivity index (χ0v) is 17.9. The van der Waals surface area contributed by atoms with Gasteiger partial charge in [0.05, 0.1) is 0 Å². The van der Waals surface area contributed by atoms with Gasteiger partial charge in [0.2, 0.25) is 0 Å². The number of hydrogen-bond donors (Lipinski definition) is 1. The van der Waals surface area contributed by atoms with Crippen molar-refractivity contribution in [2.75, 3.05) is 13.2 Å². The molecule has 2 fully saturated rings. The van der Waals surface area contributed by atoms with Gasteiger partial charge in [-0.2, -0.15) is 0 Å². The minimum absolute atomic E-state index is 0.0272. The van der Waals surface area contributed by atoms with E-state index in [-0.39, 0.29) is 18.4 Å². The Labute approximate surface area is 183 Å². The lowest BCUT2D eigenvalue weighted by Gasteiger charge is -2.42. The van der Waals surface area contributed by atoms with Crippen LogP contribution in [0.5, 0.6) is 0 Å². The van der Waals surface area contributed by atoms with Crippen LogP contribution < -0.4 is 0 Å². The number of carbonyl (C=O) groups is 2.